The smallest absolute Gasteiger partial charge is 0.263 e. The zero-order valence-electron chi connectivity index (χ0n) is 14.9. The van der Waals surface area contributed by atoms with Crippen LogP contribution in [0.2, 0.25) is 0 Å². The van der Waals surface area contributed by atoms with Crippen molar-refractivity contribution in [3.8, 4) is 0 Å². The van der Waals surface area contributed by atoms with Gasteiger partial charge in [-0.3, -0.25) is 19.4 Å². The topological polar surface area (TPSA) is 94.4 Å². The molecule has 2 atom stereocenters. The average molecular weight is 421 g/mol. The number of hydrogen-bond acceptors (Lipinski definition) is 6. The molecular weight excluding hydrogens is 410 g/mol. The molecule has 2 heterocycles. The number of nitrogens with one attached hydrogen (secondary N) is 1. The Bertz CT molecular complexity index is 1110. The number of rotatable bonds is 4. The molecule has 30 heavy (non-hydrogen) atoms. The van der Waals surface area contributed by atoms with Gasteiger partial charge in [0.25, 0.3) is 11.8 Å². The third kappa shape index (κ3) is 3.25. The second-order valence-electron chi connectivity index (χ2n) is 6.47. The molecule has 2 aromatic rings. The Balaban J connectivity index is 1.50. The summed E-state index contributed by atoms with van der Waals surface area (Å²) in [6, 6.07) is 2.53. The van der Waals surface area contributed by atoms with Gasteiger partial charge in [0.15, 0.2) is 23.7 Å². The van der Waals surface area contributed by atoms with Crippen LogP contribution in [0.15, 0.2) is 46.7 Å². The minimum Gasteiger partial charge on any atom is -0.322 e. The van der Waals surface area contributed by atoms with E-state index in [1.165, 1.54) is 0 Å². The van der Waals surface area contributed by atoms with E-state index in [1.54, 1.807) is 0 Å². The fourth-order valence-corrected chi connectivity index (χ4v) is 3.16. The van der Waals surface area contributed by atoms with E-state index in [0.717, 1.165) is 29.3 Å². The summed E-state index contributed by atoms with van der Waals surface area (Å²) in [6.07, 6.45) is 0. The van der Waals surface area contributed by atoms with Crippen LogP contribution in [0, 0.1) is 23.3 Å². The lowest BCUT2D eigenvalue weighted by Crippen LogP contribution is -2.43. The Labute approximate surface area is 165 Å². The van der Waals surface area contributed by atoms with Gasteiger partial charge >= 0.3 is 0 Å². The summed E-state index contributed by atoms with van der Waals surface area (Å²) >= 11 is 0. The van der Waals surface area contributed by atoms with Crippen molar-refractivity contribution in [2.75, 3.05) is 16.8 Å². The number of imide groups is 1. The van der Waals surface area contributed by atoms with Gasteiger partial charge in [0.2, 0.25) is 5.91 Å². The standard InChI is InChI=1S/C18H11F4N5O3/c19-8-1-4-13(12(22)5-8)23-14(28)7-26-16-15(24-25-26)17(29)27(18(16)30)9-2-3-10(20)11(21)6-9/h1-6,15-16H,7H2,(H,23,28)/t15-,16-/m1/s1. The lowest BCUT2D eigenvalue weighted by molar-refractivity contribution is -0.123. The molecule has 0 spiro atoms. The SMILES string of the molecule is O=C(CN1N=N[C@H]2C(=O)N(c3ccc(F)c(F)c3)C(=O)[C@@H]21)Nc1ccc(F)cc1F. The van der Waals surface area contributed by atoms with E-state index >= 15 is 0 Å². The molecule has 2 aromatic carbocycles. The molecule has 1 saturated heterocycles. The molecule has 0 aromatic heterocycles. The largest absolute Gasteiger partial charge is 0.322 e. The van der Waals surface area contributed by atoms with Gasteiger partial charge in [-0.15, -0.1) is 0 Å². The Morgan fingerprint density at radius 1 is 0.967 bits per heavy atom. The maximum Gasteiger partial charge on any atom is 0.263 e. The van der Waals surface area contributed by atoms with Gasteiger partial charge in [-0.25, -0.2) is 22.5 Å². The van der Waals surface area contributed by atoms with Gasteiger partial charge in [-0.1, -0.05) is 5.22 Å². The number of halogens is 4. The number of nitrogens with zero attached hydrogens (tertiary/aromatic N) is 4. The molecule has 0 bridgehead atoms. The first-order chi connectivity index (χ1) is 14.3. The van der Waals surface area contributed by atoms with Crippen LogP contribution < -0.4 is 10.2 Å². The van der Waals surface area contributed by atoms with Crippen LogP contribution in [0.3, 0.4) is 0 Å². The van der Waals surface area contributed by atoms with Gasteiger partial charge in [-0.05, 0) is 24.3 Å². The molecule has 8 nitrogen and oxygen atoms in total. The Morgan fingerprint density at radius 2 is 1.73 bits per heavy atom. The van der Waals surface area contributed by atoms with Gasteiger partial charge < -0.3 is 5.32 Å². The number of hydrogen-bond donors (Lipinski definition) is 1. The van der Waals surface area contributed by atoms with Crippen LogP contribution in [0.5, 0.6) is 0 Å². The minimum absolute atomic E-state index is 0.189. The fraction of sp³-hybridized carbons (Fsp3) is 0.167. The molecule has 0 unspecified atom stereocenters. The molecule has 3 amide bonds. The van der Waals surface area contributed by atoms with E-state index in [4.69, 9.17) is 0 Å². The normalized spacial score (nSPS) is 20.1. The van der Waals surface area contributed by atoms with E-state index in [0.29, 0.717) is 17.0 Å². The van der Waals surface area contributed by atoms with Crippen LogP contribution in [0.1, 0.15) is 0 Å². The van der Waals surface area contributed by atoms with Crippen LogP contribution in [-0.2, 0) is 14.4 Å². The molecule has 0 aliphatic carbocycles. The maximum absolute atomic E-state index is 13.7. The average Bonchev–Trinajstić information content (AvgIpc) is 3.20. The van der Waals surface area contributed by atoms with E-state index < -0.39 is 59.6 Å². The summed E-state index contributed by atoms with van der Waals surface area (Å²) in [4.78, 5) is 38.1. The van der Waals surface area contributed by atoms with E-state index in [1.807, 2.05) is 0 Å². The lowest BCUT2D eigenvalue weighted by atomic mass is 10.1. The van der Waals surface area contributed by atoms with Crippen molar-refractivity contribution < 1.29 is 31.9 Å². The summed E-state index contributed by atoms with van der Waals surface area (Å²) in [5.41, 5.74) is -0.474. The number of carbonyl (C=O) groups is 3. The predicted octanol–water partition coefficient (Wildman–Crippen LogP) is 2.17. The van der Waals surface area contributed by atoms with Gasteiger partial charge in [0.05, 0.1) is 11.4 Å². The van der Waals surface area contributed by atoms with E-state index in [9.17, 15) is 31.9 Å². The van der Waals surface area contributed by atoms with Crippen molar-refractivity contribution in [3.05, 3.63) is 59.7 Å². The first-order valence-electron chi connectivity index (χ1n) is 8.51. The maximum atomic E-state index is 13.7. The highest BCUT2D eigenvalue weighted by atomic mass is 19.2. The number of fused-ring (bicyclic) bond motifs is 1. The lowest BCUT2D eigenvalue weighted by Gasteiger charge is -2.20. The van der Waals surface area contributed by atoms with Crippen molar-refractivity contribution in [1.82, 2.24) is 5.01 Å². The van der Waals surface area contributed by atoms with E-state index in [-0.39, 0.29) is 11.4 Å². The van der Waals surface area contributed by atoms with Crippen LogP contribution >= 0.6 is 0 Å². The van der Waals surface area contributed by atoms with Crippen LogP contribution in [0.4, 0.5) is 28.9 Å². The van der Waals surface area contributed by atoms with Crippen molar-refractivity contribution in [3.63, 3.8) is 0 Å². The van der Waals surface area contributed by atoms with Crippen molar-refractivity contribution in [2.45, 2.75) is 12.1 Å². The van der Waals surface area contributed by atoms with Crippen molar-refractivity contribution in [1.29, 1.82) is 0 Å². The first-order valence-corrected chi connectivity index (χ1v) is 8.51. The van der Waals surface area contributed by atoms with Crippen LogP contribution in [0.25, 0.3) is 0 Å². The van der Waals surface area contributed by atoms with Crippen LogP contribution in [-0.4, -0.2) is 41.4 Å². The Morgan fingerprint density at radius 3 is 2.43 bits per heavy atom. The number of anilines is 2. The monoisotopic (exact) mass is 421 g/mol. The molecule has 2 aliphatic heterocycles. The Kier molecular flexibility index (Phi) is 4.68. The molecule has 4 rings (SSSR count). The van der Waals surface area contributed by atoms with Gasteiger partial charge in [0.1, 0.15) is 18.2 Å². The minimum atomic E-state index is -1.27. The molecule has 0 saturated carbocycles. The zero-order valence-corrected chi connectivity index (χ0v) is 14.9. The van der Waals surface area contributed by atoms with Gasteiger partial charge in [-0.2, -0.15) is 5.11 Å². The first kappa shape index (κ1) is 19.5. The van der Waals surface area contributed by atoms with E-state index in [2.05, 4.69) is 15.7 Å². The van der Waals surface area contributed by atoms with Crippen molar-refractivity contribution >= 4 is 29.1 Å². The number of amides is 3. The molecule has 1 fully saturated rings. The highest BCUT2D eigenvalue weighted by Gasteiger charge is 2.55. The number of carbonyl (C=O) groups excluding carboxylic acids is 3. The third-order valence-electron chi connectivity index (χ3n) is 4.53. The van der Waals surface area contributed by atoms with Crippen molar-refractivity contribution in [2.24, 2.45) is 10.3 Å². The summed E-state index contributed by atoms with van der Waals surface area (Å²) in [6.45, 7) is -0.563. The molecule has 1 N–H and O–H groups in total. The summed E-state index contributed by atoms with van der Waals surface area (Å²) in [7, 11) is 0. The van der Waals surface area contributed by atoms with Gasteiger partial charge in [0, 0.05) is 12.1 Å². The fourth-order valence-electron chi connectivity index (χ4n) is 3.16. The second-order valence-corrected chi connectivity index (χ2v) is 6.47. The molecule has 2 aliphatic rings. The quantitative estimate of drug-likeness (QED) is 0.605. The second kappa shape index (κ2) is 7.21. The molecule has 154 valence electrons. The molecule has 12 heteroatoms. The highest BCUT2D eigenvalue weighted by molar-refractivity contribution is 6.25. The zero-order chi connectivity index (χ0) is 21.6. The summed E-state index contributed by atoms with van der Waals surface area (Å²) in [5.74, 6) is -6.66. The third-order valence-corrected chi connectivity index (χ3v) is 4.53. The number of benzene rings is 2. The summed E-state index contributed by atoms with van der Waals surface area (Å²) < 4.78 is 53.3. The highest BCUT2D eigenvalue weighted by Crippen LogP contribution is 2.32. The predicted molar refractivity (Wildman–Crippen MR) is 93.0 cm³/mol. The summed E-state index contributed by atoms with van der Waals surface area (Å²) in [5, 5.41) is 10.5. The molecular formula is C18H11F4N5O3. The Hall–Kier alpha value is -3.83. The molecule has 0 radical (unpaired) electrons.